The predicted molar refractivity (Wildman–Crippen MR) is 119 cm³/mol. The van der Waals surface area contributed by atoms with E-state index in [2.05, 4.69) is 10.6 Å². The second kappa shape index (κ2) is 7.29. The van der Waals surface area contributed by atoms with Gasteiger partial charge in [-0.2, -0.15) is 0 Å². The van der Waals surface area contributed by atoms with Crippen LogP contribution in [0.3, 0.4) is 0 Å². The van der Waals surface area contributed by atoms with Crippen molar-refractivity contribution < 1.29 is 9.59 Å². The SMILES string of the molecule is Cc1ccc(C2c3c(ccc4ccccc34)NC(=O)C2C(=O)NC(N)=S)cc1C. The molecule has 146 valence electrons. The van der Waals surface area contributed by atoms with Crippen LogP contribution in [0.25, 0.3) is 10.8 Å². The van der Waals surface area contributed by atoms with Crippen molar-refractivity contribution in [2.75, 3.05) is 5.32 Å². The fraction of sp³-hybridized carbons (Fsp3) is 0.174. The molecule has 0 radical (unpaired) electrons. The van der Waals surface area contributed by atoms with Crippen molar-refractivity contribution in [1.29, 1.82) is 0 Å². The lowest BCUT2D eigenvalue weighted by Gasteiger charge is -2.34. The van der Waals surface area contributed by atoms with Crippen molar-refractivity contribution >= 4 is 45.6 Å². The van der Waals surface area contributed by atoms with E-state index in [0.717, 1.165) is 38.7 Å². The first-order chi connectivity index (χ1) is 13.9. The Bertz CT molecular complexity index is 1170. The molecule has 1 heterocycles. The number of nitrogens with one attached hydrogen (secondary N) is 2. The molecule has 4 N–H and O–H groups in total. The number of rotatable bonds is 2. The van der Waals surface area contributed by atoms with E-state index in [1.165, 1.54) is 0 Å². The molecule has 0 saturated carbocycles. The normalized spacial score (nSPS) is 18.1. The van der Waals surface area contributed by atoms with E-state index >= 15 is 0 Å². The van der Waals surface area contributed by atoms with E-state index in [4.69, 9.17) is 18.0 Å². The number of fused-ring (bicyclic) bond motifs is 3. The molecule has 0 bridgehead atoms. The molecule has 0 fully saturated rings. The number of anilines is 1. The summed E-state index contributed by atoms with van der Waals surface area (Å²) < 4.78 is 0. The van der Waals surface area contributed by atoms with Gasteiger partial charge in [0.25, 0.3) is 0 Å². The number of amides is 2. The summed E-state index contributed by atoms with van der Waals surface area (Å²) in [5.41, 5.74) is 10.3. The van der Waals surface area contributed by atoms with E-state index in [0.29, 0.717) is 0 Å². The van der Waals surface area contributed by atoms with Crippen molar-refractivity contribution in [2.24, 2.45) is 11.7 Å². The summed E-state index contributed by atoms with van der Waals surface area (Å²) in [5.74, 6) is -2.32. The summed E-state index contributed by atoms with van der Waals surface area (Å²) >= 11 is 4.84. The van der Waals surface area contributed by atoms with E-state index in [1.54, 1.807) is 0 Å². The molecule has 3 aromatic rings. The largest absolute Gasteiger partial charge is 0.376 e. The van der Waals surface area contributed by atoms with Gasteiger partial charge in [0.1, 0.15) is 5.92 Å². The second-order valence-electron chi connectivity index (χ2n) is 7.39. The van der Waals surface area contributed by atoms with Crippen LogP contribution in [0.2, 0.25) is 0 Å². The quantitative estimate of drug-likeness (QED) is 0.452. The molecule has 4 rings (SSSR count). The highest BCUT2D eigenvalue weighted by Crippen LogP contribution is 2.44. The topological polar surface area (TPSA) is 84.2 Å². The fourth-order valence-corrected chi connectivity index (χ4v) is 4.16. The minimum atomic E-state index is -0.989. The lowest BCUT2D eigenvalue weighted by atomic mass is 9.74. The maximum Gasteiger partial charge on any atom is 0.239 e. The van der Waals surface area contributed by atoms with Gasteiger partial charge in [-0.25, -0.2) is 0 Å². The Kier molecular flexibility index (Phi) is 4.80. The number of benzene rings is 3. The third-order valence-electron chi connectivity index (χ3n) is 5.57. The van der Waals surface area contributed by atoms with Crippen LogP contribution >= 0.6 is 12.2 Å². The van der Waals surface area contributed by atoms with Crippen LogP contribution in [-0.2, 0) is 9.59 Å². The standard InChI is InChI=1S/C23H21N3O2S/c1-12-7-8-15(11-13(12)2)18-19-16-6-4-3-5-14(16)9-10-17(19)25-21(27)20(18)22(28)26-23(24)29/h3-11,18,20H,1-2H3,(H,25,27)(H3,24,26,28,29). The number of thiocarbonyl (C=S) groups is 1. The molecule has 0 saturated heterocycles. The Morgan fingerprint density at radius 3 is 2.55 bits per heavy atom. The highest BCUT2D eigenvalue weighted by molar-refractivity contribution is 7.80. The van der Waals surface area contributed by atoms with Gasteiger partial charge >= 0.3 is 0 Å². The zero-order valence-electron chi connectivity index (χ0n) is 16.2. The van der Waals surface area contributed by atoms with Crippen LogP contribution in [0.5, 0.6) is 0 Å². The van der Waals surface area contributed by atoms with E-state index in [9.17, 15) is 9.59 Å². The number of carbonyl (C=O) groups excluding carboxylic acids is 2. The van der Waals surface area contributed by atoms with Gasteiger partial charge in [0.15, 0.2) is 5.11 Å². The van der Waals surface area contributed by atoms with Crippen molar-refractivity contribution in [3.8, 4) is 0 Å². The van der Waals surface area contributed by atoms with Gasteiger partial charge < -0.3 is 16.4 Å². The molecule has 1 aliphatic heterocycles. The number of hydrogen-bond donors (Lipinski definition) is 3. The molecule has 3 aromatic carbocycles. The van der Waals surface area contributed by atoms with E-state index < -0.39 is 17.7 Å². The molecule has 0 spiro atoms. The maximum absolute atomic E-state index is 13.0. The summed E-state index contributed by atoms with van der Waals surface area (Å²) in [6.07, 6.45) is 0. The first-order valence-corrected chi connectivity index (χ1v) is 9.77. The molecule has 5 nitrogen and oxygen atoms in total. The van der Waals surface area contributed by atoms with Crippen molar-refractivity contribution in [3.63, 3.8) is 0 Å². The van der Waals surface area contributed by atoms with E-state index in [-0.39, 0.29) is 11.0 Å². The van der Waals surface area contributed by atoms with Gasteiger partial charge in [0.2, 0.25) is 11.8 Å². The summed E-state index contributed by atoms with van der Waals surface area (Å²) in [5, 5.41) is 7.25. The Morgan fingerprint density at radius 1 is 1.07 bits per heavy atom. The van der Waals surface area contributed by atoms with Crippen molar-refractivity contribution in [1.82, 2.24) is 5.32 Å². The lowest BCUT2D eigenvalue weighted by Crippen LogP contribution is -2.47. The molecule has 2 amide bonds. The molecular weight excluding hydrogens is 382 g/mol. The maximum atomic E-state index is 13.0. The number of carbonyl (C=O) groups is 2. The minimum absolute atomic E-state index is 0.148. The van der Waals surface area contributed by atoms with Crippen molar-refractivity contribution in [2.45, 2.75) is 19.8 Å². The van der Waals surface area contributed by atoms with Gasteiger partial charge in [0, 0.05) is 11.6 Å². The van der Waals surface area contributed by atoms with Crippen molar-refractivity contribution in [3.05, 3.63) is 76.9 Å². The highest BCUT2D eigenvalue weighted by atomic mass is 32.1. The zero-order chi connectivity index (χ0) is 20.7. The van der Waals surface area contributed by atoms with Crippen LogP contribution in [0.15, 0.2) is 54.6 Å². The smallest absolute Gasteiger partial charge is 0.239 e. The number of hydrogen-bond acceptors (Lipinski definition) is 3. The Morgan fingerprint density at radius 2 is 1.83 bits per heavy atom. The summed E-state index contributed by atoms with van der Waals surface area (Å²) in [6, 6.07) is 17.9. The van der Waals surface area contributed by atoms with Crippen LogP contribution in [0.1, 0.15) is 28.2 Å². The van der Waals surface area contributed by atoms with Gasteiger partial charge in [-0.1, -0.05) is 48.5 Å². The van der Waals surface area contributed by atoms with Gasteiger partial charge in [-0.3, -0.25) is 9.59 Å². The number of nitrogens with two attached hydrogens (primary N) is 1. The average molecular weight is 404 g/mol. The third kappa shape index (κ3) is 3.36. The highest BCUT2D eigenvalue weighted by Gasteiger charge is 2.42. The molecule has 0 aliphatic carbocycles. The minimum Gasteiger partial charge on any atom is -0.376 e. The molecule has 2 atom stereocenters. The second-order valence-corrected chi connectivity index (χ2v) is 7.83. The van der Waals surface area contributed by atoms with Crippen LogP contribution in [-0.4, -0.2) is 16.9 Å². The summed E-state index contributed by atoms with van der Waals surface area (Å²) in [6.45, 7) is 4.06. The Balaban J connectivity index is 2.00. The van der Waals surface area contributed by atoms with Gasteiger partial charge in [-0.05, 0) is 65.2 Å². The first kappa shape index (κ1) is 19.1. The molecular formula is C23H21N3O2S. The molecule has 29 heavy (non-hydrogen) atoms. The zero-order valence-corrected chi connectivity index (χ0v) is 17.0. The fourth-order valence-electron chi connectivity index (χ4n) is 4.05. The average Bonchev–Trinajstić information content (AvgIpc) is 2.68. The summed E-state index contributed by atoms with van der Waals surface area (Å²) in [4.78, 5) is 26.0. The third-order valence-corrected chi connectivity index (χ3v) is 5.68. The Hall–Kier alpha value is -3.25. The molecule has 6 heteroatoms. The summed E-state index contributed by atoms with van der Waals surface area (Å²) in [7, 11) is 0. The van der Waals surface area contributed by atoms with Crippen LogP contribution < -0.4 is 16.4 Å². The molecule has 2 unspecified atom stereocenters. The monoisotopic (exact) mass is 403 g/mol. The van der Waals surface area contributed by atoms with Gasteiger partial charge in [-0.15, -0.1) is 0 Å². The molecule has 0 aromatic heterocycles. The number of aryl methyl sites for hydroxylation is 2. The van der Waals surface area contributed by atoms with Crippen LogP contribution in [0.4, 0.5) is 5.69 Å². The lowest BCUT2D eigenvalue weighted by molar-refractivity contribution is -0.132. The molecule has 1 aliphatic rings. The first-order valence-electron chi connectivity index (χ1n) is 9.37. The predicted octanol–water partition coefficient (Wildman–Crippen LogP) is 3.52. The van der Waals surface area contributed by atoms with Gasteiger partial charge in [0.05, 0.1) is 0 Å². The van der Waals surface area contributed by atoms with Crippen LogP contribution in [0, 0.1) is 19.8 Å². The van der Waals surface area contributed by atoms with E-state index in [1.807, 2.05) is 68.4 Å². The Labute approximate surface area is 174 Å².